The van der Waals surface area contributed by atoms with Crippen molar-refractivity contribution in [2.24, 2.45) is 0 Å². The van der Waals surface area contributed by atoms with Crippen molar-refractivity contribution in [3.8, 4) is 17.2 Å². The molecule has 2 aliphatic rings. The van der Waals surface area contributed by atoms with E-state index in [-0.39, 0.29) is 28.8 Å². The van der Waals surface area contributed by atoms with Crippen LogP contribution in [0.15, 0.2) is 36.4 Å². The van der Waals surface area contributed by atoms with Gasteiger partial charge in [-0.25, -0.2) is 0 Å². The number of fused-ring (bicyclic) bond motifs is 3. The Morgan fingerprint density at radius 3 is 1.88 bits per heavy atom. The molecule has 0 amide bonds. The zero-order valence-corrected chi connectivity index (χ0v) is 14.9. The van der Waals surface area contributed by atoms with Gasteiger partial charge in [0.2, 0.25) is 0 Å². The average Bonchev–Trinajstić information content (AvgIpc) is 2.48. The van der Waals surface area contributed by atoms with Gasteiger partial charge in [0, 0.05) is 28.0 Å². The monoisotopic (exact) mass is 324 g/mol. The second-order valence-electron chi connectivity index (χ2n) is 8.20. The molecule has 2 aliphatic heterocycles. The van der Waals surface area contributed by atoms with Crippen LogP contribution in [0.4, 0.5) is 0 Å². The predicted molar refractivity (Wildman–Crippen MR) is 94.2 cm³/mol. The normalized spacial score (nSPS) is 25.5. The first-order chi connectivity index (χ1) is 11.2. The van der Waals surface area contributed by atoms with Crippen LogP contribution < -0.4 is 9.47 Å². The van der Waals surface area contributed by atoms with E-state index in [2.05, 4.69) is 52.8 Å². The lowest BCUT2D eigenvalue weighted by atomic mass is 9.65. The van der Waals surface area contributed by atoms with E-state index in [4.69, 9.17) is 9.47 Å². The molecule has 2 unspecified atom stereocenters. The first-order valence-corrected chi connectivity index (χ1v) is 8.49. The van der Waals surface area contributed by atoms with Gasteiger partial charge in [-0.2, -0.15) is 0 Å². The lowest BCUT2D eigenvalue weighted by molar-refractivity contribution is -0.0600. The number of aromatic hydroxyl groups is 1. The van der Waals surface area contributed by atoms with Crippen LogP contribution in [0, 0.1) is 6.92 Å². The maximum atomic E-state index is 9.86. The van der Waals surface area contributed by atoms with Crippen molar-refractivity contribution in [3.63, 3.8) is 0 Å². The Kier molecular flexibility index (Phi) is 3.00. The minimum absolute atomic E-state index is 0.0844. The van der Waals surface area contributed by atoms with Gasteiger partial charge in [0.25, 0.3) is 0 Å². The minimum Gasteiger partial charge on any atom is -0.508 e. The van der Waals surface area contributed by atoms with Crippen LogP contribution in [-0.4, -0.2) is 17.3 Å². The lowest BCUT2D eigenvalue weighted by Gasteiger charge is -2.53. The van der Waals surface area contributed by atoms with E-state index in [0.29, 0.717) is 0 Å². The molecule has 2 aromatic carbocycles. The molecule has 1 N–H and O–H groups in total. The third-order valence-electron chi connectivity index (χ3n) is 5.70. The highest BCUT2D eigenvalue weighted by Gasteiger charge is 2.55. The average molecular weight is 324 g/mol. The molecule has 0 spiro atoms. The quantitative estimate of drug-likeness (QED) is 0.776. The molecule has 0 aliphatic carbocycles. The van der Waals surface area contributed by atoms with Gasteiger partial charge < -0.3 is 14.6 Å². The topological polar surface area (TPSA) is 38.7 Å². The number of phenols is 1. The molecule has 0 saturated carbocycles. The van der Waals surface area contributed by atoms with Crippen molar-refractivity contribution in [3.05, 3.63) is 53.1 Å². The van der Waals surface area contributed by atoms with Crippen LogP contribution in [-0.2, 0) is 10.8 Å². The van der Waals surface area contributed by atoms with E-state index in [1.165, 1.54) is 11.1 Å². The molecule has 2 aromatic rings. The standard InChI is InChI=1S/C21H24O3/c1-12-6-8-14-16(10-12)23-18-19(20(14,2)3)24-17-11-13(22)7-9-15(17)21(18,4)5/h6-11,18-19,22H,1-5H3. The molecule has 0 radical (unpaired) electrons. The van der Waals surface area contributed by atoms with Crippen LogP contribution in [0.25, 0.3) is 0 Å². The Balaban J connectivity index is 1.90. The Morgan fingerprint density at radius 2 is 1.29 bits per heavy atom. The number of benzene rings is 2. The van der Waals surface area contributed by atoms with Gasteiger partial charge in [0.15, 0.2) is 0 Å². The minimum atomic E-state index is -0.218. The van der Waals surface area contributed by atoms with Crippen molar-refractivity contribution in [2.45, 2.75) is 57.7 Å². The third-order valence-corrected chi connectivity index (χ3v) is 5.70. The number of rotatable bonds is 0. The molecular weight excluding hydrogens is 300 g/mol. The van der Waals surface area contributed by atoms with Crippen molar-refractivity contribution < 1.29 is 14.6 Å². The number of hydrogen-bond acceptors (Lipinski definition) is 3. The number of phenolic OH excluding ortho intramolecular Hbond substituents is 1. The molecule has 2 atom stereocenters. The first-order valence-electron chi connectivity index (χ1n) is 8.49. The molecule has 0 bridgehead atoms. The van der Waals surface area contributed by atoms with Gasteiger partial charge in [0.05, 0.1) is 0 Å². The second-order valence-corrected chi connectivity index (χ2v) is 8.20. The van der Waals surface area contributed by atoms with E-state index in [9.17, 15) is 5.11 Å². The first kappa shape index (κ1) is 15.4. The summed E-state index contributed by atoms with van der Waals surface area (Å²) in [6.07, 6.45) is -0.198. The fourth-order valence-corrected chi connectivity index (χ4v) is 4.16. The highest BCUT2D eigenvalue weighted by Crippen LogP contribution is 2.52. The molecule has 126 valence electrons. The predicted octanol–water partition coefficient (Wildman–Crippen LogP) is 4.48. The summed E-state index contributed by atoms with van der Waals surface area (Å²) in [6, 6.07) is 11.8. The third kappa shape index (κ3) is 1.97. The fourth-order valence-electron chi connectivity index (χ4n) is 4.16. The van der Waals surface area contributed by atoms with E-state index in [1.807, 2.05) is 6.07 Å². The van der Waals surface area contributed by atoms with Crippen LogP contribution in [0.2, 0.25) is 0 Å². The van der Waals surface area contributed by atoms with Crippen molar-refractivity contribution in [1.82, 2.24) is 0 Å². The summed E-state index contributed by atoms with van der Waals surface area (Å²) in [5.74, 6) is 1.95. The molecule has 24 heavy (non-hydrogen) atoms. The fraction of sp³-hybridized carbons (Fsp3) is 0.429. The number of aryl methyl sites for hydroxylation is 1. The van der Waals surface area contributed by atoms with Crippen LogP contribution in [0.3, 0.4) is 0 Å². The van der Waals surface area contributed by atoms with E-state index in [0.717, 1.165) is 17.1 Å². The van der Waals surface area contributed by atoms with Crippen LogP contribution >= 0.6 is 0 Å². The summed E-state index contributed by atoms with van der Waals surface area (Å²) < 4.78 is 12.8. The molecule has 3 nitrogen and oxygen atoms in total. The highest BCUT2D eigenvalue weighted by atomic mass is 16.6. The molecular formula is C21H24O3. The Hall–Kier alpha value is -2.16. The van der Waals surface area contributed by atoms with Crippen molar-refractivity contribution >= 4 is 0 Å². The van der Waals surface area contributed by atoms with Gasteiger partial charge >= 0.3 is 0 Å². The summed E-state index contributed by atoms with van der Waals surface area (Å²) in [5.41, 5.74) is 3.04. The Morgan fingerprint density at radius 1 is 0.792 bits per heavy atom. The molecule has 0 fully saturated rings. The Labute approximate surface area is 143 Å². The van der Waals surface area contributed by atoms with Crippen LogP contribution in [0.1, 0.15) is 44.4 Å². The molecule has 0 aromatic heterocycles. The van der Waals surface area contributed by atoms with E-state index in [1.54, 1.807) is 12.1 Å². The second kappa shape index (κ2) is 4.69. The van der Waals surface area contributed by atoms with E-state index < -0.39 is 0 Å². The maximum absolute atomic E-state index is 9.86. The molecule has 4 rings (SSSR count). The van der Waals surface area contributed by atoms with Crippen molar-refractivity contribution in [1.29, 1.82) is 0 Å². The maximum Gasteiger partial charge on any atom is 0.145 e. The van der Waals surface area contributed by atoms with Gasteiger partial charge in [-0.05, 0) is 24.6 Å². The molecule has 0 saturated heterocycles. The zero-order chi connectivity index (χ0) is 17.3. The largest absolute Gasteiger partial charge is 0.508 e. The van der Waals surface area contributed by atoms with Crippen molar-refractivity contribution in [2.75, 3.05) is 0 Å². The summed E-state index contributed by atoms with van der Waals surface area (Å²) in [4.78, 5) is 0. The van der Waals surface area contributed by atoms with Crippen LogP contribution in [0.5, 0.6) is 17.2 Å². The Bertz CT molecular complexity index is 750. The molecule has 2 heterocycles. The van der Waals surface area contributed by atoms with Gasteiger partial charge in [-0.1, -0.05) is 45.9 Å². The highest BCUT2D eigenvalue weighted by molar-refractivity contribution is 5.51. The van der Waals surface area contributed by atoms with E-state index >= 15 is 0 Å². The zero-order valence-electron chi connectivity index (χ0n) is 14.9. The van der Waals surface area contributed by atoms with Gasteiger partial charge in [-0.3, -0.25) is 0 Å². The molecule has 3 heteroatoms. The smallest absolute Gasteiger partial charge is 0.145 e. The van der Waals surface area contributed by atoms with Gasteiger partial charge in [-0.15, -0.1) is 0 Å². The summed E-state index contributed by atoms with van der Waals surface area (Å²) in [7, 11) is 0. The number of hydrogen-bond donors (Lipinski definition) is 1. The lowest BCUT2D eigenvalue weighted by Crippen LogP contribution is -2.61. The summed E-state index contributed by atoms with van der Waals surface area (Å²) in [5, 5.41) is 9.86. The summed E-state index contributed by atoms with van der Waals surface area (Å²) in [6.45, 7) is 10.9. The SMILES string of the molecule is Cc1ccc2c(c1)OC1C(Oc3cc(O)ccc3C1(C)C)C2(C)C. The van der Waals surface area contributed by atoms with Gasteiger partial charge in [0.1, 0.15) is 29.5 Å². The summed E-state index contributed by atoms with van der Waals surface area (Å²) >= 11 is 0. The number of ether oxygens (including phenoxy) is 2.